The Bertz CT molecular complexity index is 408. The van der Waals surface area contributed by atoms with E-state index < -0.39 is 0 Å². The van der Waals surface area contributed by atoms with Crippen molar-refractivity contribution in [2.75, 3.05) is 36.2 Å². The first kappa shape index (κ1) is 13.5. The third-order valence-electron chi connectivity index (χ3n) is 2.65. The van der Waals surface area contributed by atoms with Crippen LogP contribution in [0.25, 0.3) is 0 Å². The van der Waals surface area contributed by atoms with E-state index in [0.717, 1.165) is 12.3 Å². The Balaban J connectivity index is 1.86. The minimum absolute atomic E-state index is 0.0231. The van der Waals surface area contributed by atoms with E-state index in [2.05, 4.69) is 15.6 Å². The smallest absolute Gasteiger partial charge is 0.251 e. The summed E-state index contributed by atoms with van der Waals surface area (Å²) in [6, 6.07) is 3.50. The molecule has 1 aliphatic rings. The van der Waals surface area contributed by atoms with Gasteiger partial charge in [0.1, 0.15) is 5.82 Å². The molecule has 4 nitrogen and oxygen atoms in total. The number of thioether (sulfide) groups is 2. The second-order valence-corrected chi connectivity index (χ2v) is 6.52. The molecule has 2 rings (SSSR count). The van der Waals surface area contributed by atoms with Crippen LogP contribution in [0.15, 0.2) is 18.3 Å². The molecule has 0 spiro atoms. The predicted octanol–water partition coefficient (Wildman–Crippen LogP) is 1.70. The summed E-state index contributed by atoms with van der Waals surface area (Å²) in [6.07, 6.45) is 1.64. The highest BCUT2D eigenvalue weighted by atomic mass is 32.2. The summed E-state index contributed by atoms with van der Waals surface area (Å²) < 4.78 is 0. The SMILES string of the molecule is CNc1cc(C(=O)NCC2CSCCS2)ccn1. The van der Waals surface area contributed by atoms with Crippen molar-refractivity contribution in [1.82, 2.24) is 10.3 Å². The average molecular weight is 283 g/mol. The molecule has 1 aromatic rings. The summed E-state index contributed by atoms with van der Waals surface area (Å²) in [5.74, 6) is 4.23. The van der Waals surface area contributed by atoms with E-state index in [1.807, 2.05) is 23.5 Å². The number of hydrogen-bond acceptors (Lipinski definition) is 5. The van der Waals surface area contributed by atoms with Crippen LogP contribution in [0, 0.1) is 0 Å². The Morgan fingerprint density at radius 3 is 3.17 bits per heavy atom. The van der Waals surface area contributed by atoms with Gasteiger partial charge in [-0.2, -0.15) is 23.5 Å². The van der Waals surface area contributed by atoms with Crippen LogP contribution in [0.3, 0.4) is 0 Å². The predicted molar refractivity (Wildman–Crippen MR) is 79.7 cm³/mol. The zero-order valence-corrected chi connectivity index (χ0v) is 11.9. The van der Waals surface area contributed by atoms with E-state index in [1.165, 1.54) is 11.5 Å². The van der Waals surface area contributed by atoms with Gasteiger partial charge in [-0.25, -0.2) is 4.98 Å². The van der Waals surface area contributed by atoms with Crippen LogP contribution in [0.1, 0.15) is 10.4 Å². The van der Waals surface area contributed by atoms with Crippen molar-refractivity contribution >= 4 is 35.2 Å². The average Bonchev–Trinajstić information content (AvgIpc) is 2.46. The number of hydrogen-bond donors (Lipinski definition) is 2. The van der Waals surface area contributed by atoms with Crippen molar-refractivity contribution in [2.24, 2.45) is 0 Å². The van der Waals surface area contributed by atoms with E-state index >= 15 is 0 Å². The lowest BCUT2D eigenvalue weighted by Gasteiger charge is -2.21. The highest BCUT2D eigenvalue weighted by Crippen LogP contribution is 2.23. The summed E-state index contributed by atoms with van der Waals surface area (Å²) >= 11 is 3.91. The maximum Gasteiger partial charge on any atom is 0.251 e. The number of carbonyl (C=O) groups excluding carboxylic acids is 1. The van der Waals surface area contributed by atoms with Gasteiger partial charge in [0.15, 0.2) is 0 Å². The molecule has 0 bridgehead atoms. The standard InChI is InChI=1S/C12H17N3OS2/c1-13-11-6-9(2-3-14-11)12(16)15-7-10-8-17-4-5-18-10/h2-3,6,10H,4-5,7-8H2,1H3,(H,13,14)(H,15,16). The van der Waals surface area contributed by atoms with Gasteiger partial charge in [-0.15, -0.1) is 0 Å². The molecule has 1 unspecified atom stereocenters. The molecule has 2 N–H and O–H groups in total. The van der Waals surface area contributed by atoms with Crippen molar-refractivity contribution < 1.29 is 4.79 Å². The van der Waals surface area contributed by atoms with E-state index in [0.29, 0.717) is 16.6 Å². The van der Waals surface area contributed by atoms with Gasteiger partial charge in [-0.1, -0.05) is 0 Å². The van der Waals surface area contributed by atoms with Crippen LogP contribution in [-0.2, 0) is 0 Å². The lowest BCUT2D eigenvalue weighted by Crippen LogP contribution is -2.33. The molecule has 1 atom stereocenters. The Labute approximate surface area is 116 Å². The quantitative estimate of drug-likeness (QED) is 0.881. The van der Waals surface area contributed by atoms with Gasteiger partial charge in [0.05, 0.1) is 0 Å². The van der Waals surface area contributed by atoms with Crippen LogP contribution >= 0.6 is 23.5 Å². The van der Waals surface area contributed by atoms with E-state index in [9.17, 15) is 4.79 Å². The van der Waals surface area contributed by atoms with Gasteiger partial charge in [-0.3, -0.25) is 4.79 Å². The van der Waals surface area contributed by atoms with Crippen molar-refractivity contribution in [3.8, 4) is 0 Å². The number of rotatable bonds is 4. The summed E-state index contributed by atoms with van der Waals surface area (Å²) in [5.41, 5.74) is 0.655. The summed E-state index contributed by atoms with van der Waals surface area (Å²) in [7, 11) is 1.79. The normalized spacial score (nSPS) is 19.3. The Morgan fingerprint density at radius 2 is 2.44 bits per heavy atom. The number of amides is 1. The summed E-state index contributed by atoms with van der Waals surface area (Å²) in [4.78, 5) is 16.1. The maximum absolute atomic E-state index is 12.0. The molecule has 0 aromatic carbocycles. The van der Waals surface area contributed by atoms with Crippen LogP contribution in [-0.4, -0.2) is 47.0 Å². The molecule has 98 valence electrons. The summed E-state index contributed by atoms with van der Waals surface area (Å²) in [6.45, 7) is 0.744. The first-order valence-electron chi connectivity index (χ1n) is 5.91. The Hall–Kier alpha value is -0.880. The molecule has 1 aromatic heterocycles. The van der Waals surface area contributed by atoms with E-state index in [1.54, 1.807) is 25.4 Å². The van der Waals surface area contributed by atoms with Crippen LogP contribution in [0.4, 0.5) is 5.82 Å². The zero-order chi connectivity index (χ0) is 12.8. The molecule has 1 aliphatic heterocycles. The molecule has 1 amide bonds. The van der Waals surface area contributed by atoms with Crippen LogP contribution in [0.2, 0.25) is 0 Å². The van der Waals surface area contributed by atoms with Gasteiger partial charge in [0.25, 0.3) is 5.91 Å². The van der Waals surface area contributed by atoms with Gasteiger partial charge in [0.2, 0.25) is 0 Å². The van der Waals surface area contributed by atoms with Crippen molar-refractivity contribution in [3.05, 3.63) is 23.9 Å². The van der Waals surface area contributed by atoms with Crippen LogP contribution < -0.4 is 10.6 Å². The number of pyridine rings is 1. The fraction of sp³-hybridized carbons (Fsp3) is 0.500. The van der Waals surface area contributed by atoms with Gasteiger partial charge >= 0.3 is 0 Å². The number of anilines is 1. The third-order valence-corrected chi connectivity index (χ3v) is 5.50. The lowest BCUT2D eigenvalue weighted by molar-refractivity contribution is 0.0954. The number of carbonyl (C=O) groups is 1. The van der Waals surface area contributed by atoms with Gasteiger partial charge in [-0.05, 0) is 12.1 Å². The highest BCUT2D eigenvalue weighted by Gasteiger charge is 2.15. The van der Waals surface area contributed by atoms with Gasteiger partial charge < -0.3 is 10.6 Å². The number of aromatic nitrogens is 1. The first-order chi connectivity index (χ1) is 8.79. The third kappa shape index (κ3) is 3.81. The molecule has 2 heterocycles. The lowest BCUT2D eigenvalue weighted by atomic mass is 10.2. The molecule has 6 heteroatoms. The van der Waals surface area contributed by atoms with Gasteiger partial charge in [0, 0.05) is 47.9 Å². The van der Waals surface area contributed by atoms with Crippen molar-refractivity contribution in [3.63, 3.8) is 0 Å². The second-order valence-electron chi connectivity index (χ2n) is 3.96. The fourth-order valence-electron chi connectivity index (χ4n) is 1.67. The molecular weight excluding hydrogens is 266 g/mol. The topological polar surface area (TPSA) is 54.0 Å². The number of nitrogens with zero attached hydrogens (tertiary/aromatic N) is 1. The minimum Gasteiger partial charge on any atom is -0.373 e. The molecule has 1 saturated heterocycles. The molecule has 18 heavy (non-hydrogen) atoms. The zero-order valence-electron chi connectivity index (χ0n) is 10.3. The largest absolute Gasteiger partial charge is 0.373 e. The molecule has 1 fully saturated rings. The number of nitrogens with one attached hydrogen (secondary N) is 2. The van der Waals surface area contributed by atoms with Crippen molar-refractivity contribution in [1.29, 1.82) is 0 Å². The molecule has 0 saturated carbocycles. The van der Waals surface area contributed by atoms with E-state index in [-0.39, 0.29) is 5.91 Å². The maximum atomic E-state index is 12.0. The molecule has 0 radical (unpaired) electrons. The van der Waals surface area contributed by atoms with Crippen LogP contribution in [0.5, 0.6) is 0 Å². The highest BCUT2D eigenvalue weighted by molar-refractivity contribution is 8.06. The Morgan fingerprint density at radius 1 is 1.56 bits per heavy atom. The van der Waals surface area contributed by atoms with E-state index in [4.69, 9.17) is 0 Å². The molecule has 0 aliphatic carbocycles. The van der Waals surface area contributed by atoms with Crippen molar-refractivity contribution in [2.45, 2.75) is 5.25 Å². The Kier molecular flexibility index (Phi) is 5.19. The first-order valence-corrected chi connectivity index (χ1v) is 8.11. The molecular formula is C12H17N3OS2. The minimum atomic E-state index is -0.0231. The fourth-order valence-corrected chi connectivity index (χ4v) is 4.28. The second kappa shape index (κ2) is 6.89. The monoisotopic (exact) mass is 283 g/mol. The summed E-state index contributed by atoms with van der Waals surface area (Å²) in [5, 5.41) is 6.46.